The van der Waals surface area contributed by atoms with Gasteiger partial charge in [0.25, 0.3) is 0 Å². The van der Waals surface area contributed by atoms with Crippen LogP contribution in [-0.4, -0.2) is 6.21 Å². The molecule has 9 heavy (non-hydrogen) atoms. The van der Waals surface area contributed by atoms with Crippen molar-refractivity contribution in [3.8, 4) is 0 Å². The zero-order chi connectivity index (χ0) is 7.11. The fraction of sp³-hybridized carbons (Fsp3) is 0.286. The molecule has 0 aromatic rings. The molecule has 0 N–H and O–H groups in total. The molecule has 0 bridgehead atoms. The van der Waals surface area contributed by atoms with Crippen LogP contribution in [-0.2, 0) is 0 Å². The number of nitrogens with zero attached hydrogens (tertiary/aromatic N) is 1. The van der Waals surface area contributed by atoms with E-state index in [9.17, 15) is 4.39 Å². The number of allylic oxidation sites excluding steroid dienone is 2. The molecule has 1 nitrogen and oxygen atoms in total. The van der Waals surface area contributed by atoms with Crippen LogP contribution in [0.2, 0.25) is 0 Å². The first kappa shape index (κ1) is 8.08. The number of hydrogen-bond acceptors (Lipinski definition) is 1. The van der Waals surface area contributed by atoms with Gasteiger partial charge in [-0.1, -0.05) is 19.6 Å². The summed E-state index contributed by atoms with van der Waals surface area (Å²) in [6.45, 7) is 4.99. The molecule has 0 rings (SSSR count). The molecule has 0 aliphatic rings. The molecule has 2 heteroatoms. The molecule has 0 spiro atoms. The van der Waals surface area contributed by atoms with Gasteiger partial charge in [0.1, 0.15) is 5.83 Å². The van der Waals surface area contributed by atoms with Crippen LogP contribution >= 0.6 is 0 Å². The van der Waals surface area contributed by atoms with Crippen molar-refractivity contribution in [2.75, 3.05) is 0 Å². The molecule has 0 aliphatic heterocycles. The lowest BCUT2D eigenvalue weighted by atomic mass is 10.5. The number of aliphatic imine (C=N–C) groups is 1. The topological polar surface area (TPSA) is 12.4 Å². The second-order valence-corrected chi connectivity index (χ2v) is 1.52. The van der Waals surface area contributed by atoms with E-state index < -0.39 is 5.83 Å². The minimum absolute atomic E-state index is 0.518. The molecule has 0 fully saturated rings. The Labute approximate surface area is 54.6 Å². The Kier molecular flexibility index (Phi) is 4.69. The summed E-state index contributed by atoms with van der Waals surface area (Å²) in [4.78, 5) is 3.58. The maximum atomic E-state index is 11.8. The molecule has 0 aromatic carbocycles. The summed E-state index contributed by atoms with van der Waals surface area (Å²) >= 11 is 0. The highest BCUT2D eigenvalue weighted by Crippen LogP contribution is 1.85. The van der Waals surface area contributed by atoms with Gasteiger partial charge < -0.3 is 0 Å². The van der Waals surface area contributed by atoms with Crippen molar-refractivity contribution >= 4 is 6.21 Å². The van der Waals surface area contributed by atoms with Gasteiger partial charge in [-0.2, -0.15) is 0 Å². The summed E-state index contributed by atoms with van der Waals surface area (Å²) in [6, 6.07) is 0. The molecule has 0 saturated heterocycles. The average molecular weight is 127 g/mol. The summed E-state index contributed by atoms with van der Waals surface area (Å²) < 4.78 is 11.8. The summed E-state index contributed by atoms with van der Waals surface area (Å²) in [5.74, 6) is -0.518. The van der Waals surface area contributed by atoms with Crippen molar-refractivity contribution in [1.82, 2.24) is 0 Å². The first-order chi connectivity index (χ1) is 4.27. The molecule has 50 valence electrons. The first-order valence-corrected chi connectivity index (χ1v) is 2.80. The summed E-state index contributed by atoms with van der Waals surface area (Å²) in [5, 5.41) is 0. The van der Waals surface area contributed by atoms with E-state index in [0.717, 1.165) is 12.6 Å². The Bertz CT molecular complexity index is 136. The lowest BCUT2D eigenvalue weighted by Gasteiger charge is -1.76. The van der Waals surface area contributed by atoms with Gasteiger partial charge in [0.2, 0.25) is 0 Å². The van der Waals surface area contributed by atoms with Crippen LogP contribution in [0.4, 0.5) is 4.39 Å². The SMILES string of the molecule is C=C(F)C=N/C=C\CC. The lowest BCUT2D eigenvalue weighted by Crippen LogP contribution is -1.67. The van der Waals surface area contributed by atoms with E-state index in [4.69, 9.17) is 0 Å². The Morgan fingerprint density at radius 2 is 2.44 bits per heavy atom. The highest BCUT2D eigenvalue weighted by molar-refractivity contribution is 5.74. The molecule has 0 aromatic heterocycles. The van der Waals surface area contributed by atoms with Gasteiger partial charge in [0, 0.05) is 6.20 Å². The highest BCUT2D eigenvalue weighted by atomic mass is 19.1. The van der Waals surface area contributed by atoms with Crippen LogP contribution in [0.3, 0.4) is 0 Å². The Morgan fingerprint density at radius 1 is 1.78 bits per heavy atom. The van der Waals surface area contributed by atoms with E-state index in [-0.39, 0.29) is 0 Å². The molecule has 0 atom stereocenters. The van der Waals surface area contributed by atoms with E-state index >= 15 is 0 Å². The number of rotatable bonds is 3. The maximum Gasteiger partial charge on any atom is 0.134 e. The third-order valence-electron chi connectivity index (χ3n) is 0.642. The molecule has 0 heterocycles. The van der Waals surface area contributed by atoms with Crippen molar-refractivity contribution in [2.24, 2.45) is 4.99 Å². The quantitative estimate of drug-likeness (QED) is 0.516. The van der Waals surface area contributed by atoms with E-state index in [0.29, 0.717) is 0 Å². The second kappa shape index (κ2) is 5.22. The zero-order valence-corrected chi connectivity index (χ0v) is 5.47. The number of hydrogen-bond donors (Lipinski definition) is 0. The zero-order valence-electron chi connectivity index (χ0n) is 5.47. The summed E-state index contributed by atoms with van der Waals surface area (Å²) in [5.41, 5.74) is 0. The fourth-order valence-corrected chi connectivity index (χ4v) is 0.290. The van der Waals surface area contributed by atoms with Crippen LogP contribution < -0.4 is 0 Å². The normalized spacial score (nSPS) is 11.3. The monoisotopic (exact) mass is 127 g/mol. The molecular weight excluding hydrogens is 117 g/mol. The Balaban J connectivity index is 3.47. The number of halogens is 1. The smallest absolute Gasteiger partial charge is 0.134 e. The predicted molar refractivity (Wildman–Crippen MR) is 38.2 cm³/mol. The summed E-state index contributed by atoms with van der Waals surface area (Å²) in [6.07, 6.45) is 5.37. The second-order valence-electron chi connectivity index (χ2n) is 1.52. The lowest BCUT2D eigenvalue weighted by molar-refractivity contribution is 0.690. The average Bonchev–Trinajstić information content (AvgIpc) is 1.80. The third-order valence-corrected chi connectivity index (χ3v) is 0.642. The largest absolute Gasteiger partial charge is 0.262 e. The molecular formula is C7H10FN. The van der Waals surface area contributed by atoms with Crippen molar-refractivity contribution in [2.45, 2.75) is 13.3 Å². The van der Waals surface area contributed by atoms with E-state index in [2.05, 4.69) is 11.6 Å². The molecule has 0 radical (unpaired) electrons. The van der Waals surface area contributed by atoms with Crippen LogP contribution in [0, 0.1) is 0 Å². The molecule has 0 amide bonds. The van der Waals surface area contributed by atoms with E-state index in [1.807, 2.05) is 13.0 Å². The molecule has 0 unspecified atom stereocenters. The van der Waals surface area contributed by atoms with Gasteiger partial charge in [0.05, 0.1) is 6.21 Å². The molecule has 0 saturated carbocycles. The van der Waals surface area contributed by atoms with Gasteiger partial charge in [-0.05, 0) is 6.42 Å². The third kappa shape index (κ3) is 7.08. The maximum absolute atomic E-state index is 11.8. The van der Waals surface area contributed by atoms with E-state index in [1.165, 1.54) is 0 Å². The van der Waals surface area contributed by atoms with Crippen LogP contribution in [0.5, 0.6) is 0 Å². The van der Waals surface area contributed by atoms with Crippen molar-refractivity contribution in [1.29, 1.82) is 0 Å². The van der Waals surface area contributed by atoms with Gasteiger partial charge in [0.15, 0.2) is 0 Å². The minimum atomic E-state index is -0.518. The highest BCUT2D eigenvalue weighted by Gasteiger charge is 1.74. The predicted octanol–water partition coefficient (Wildman–Crippen LogP) is 2.46. The van der Waals surface area contributed by atoms with Gasteiger partial charge in [-0.25, -0.2) is 4.39 Å². The van der Waals surface area contributed by atoms with Crippen LogP contribution in [0.1, 0.15) is 13.3 Å². The first-order valence-electron chi connectivity index (χ1n) is 2.80. The van der Waals surface area contributed by atoms with Crippen molar-refractivity contribution in [3.05, 3.63) is 24.7 Å². The standard InChI is InChI=1S/C7H10FN/c1-3-4-5-9-6-7(2)8/h4-6H,2-3H2,1H3/b5-4-,9-6?. The minimum Gasteiger partial charge on any atom is -0.262 e. The Morgan fingerprint density at radius 3 is 2.89 bits per heavy atom. The van der Waals surface area contributed by atoms with Gasteiger partial charge >= 0.3 is 0 Å². The van der Waals surface area contributed by atoms with Gasteiger partial charge in [-0.15, -0.1) is 0 Å². The van der Waals surface area contributed by atoms with Crippen LogP contribution in [0.25, 0.3) is 0 Å². The van der Waals surface area contributed by atoms with Gasteiger partial charge in [-0.3, -0.25) is 4.99 Å². The molecule has 0 aliphatic carbocycles. The van der Waals surface area contributed by atoms with Crippen LogP contribution in [0.15, 0.2) is 29.7 Å². The van der Waals surface area contributed by atoms with Crippen molar-refractivity contribution < 1.29 is 4.39 Å². The summed E-state index contributed by atoms with van der Waals surface area (Å²) in [7, 11) is 0. The Hall–Kier alpha value is -0.920. The van der Waals surface area contributed by atoms with Crippen molar-refractivity contribution in [3.63, 3.8) is 0 Å². The van der Waals surface area contributed by atoms with E-state index in [1.54, 1.807) is 6.20 Å². The fourth-order valence-electron chi connectivity index (χ4n) is 0.290.